The second kappa shape index (κ2) is 7.70. The highest BCUT2D eigenvalue weighted by Crippen LogP contribution is 2.24. The summed E-state index contributed by atoms with van der Waals surface area (Å²) in [5.74, 6) is -1.04. The van der Waals surface area contributed by atoms with Crippen molar-refractivity contribution in [2.45, 2.75) is 27.7 Å². The number of rotatable bonds is 5. The fourth-order valence-corrected chi connectivity index (χ4v) is 2.34. The molecule has 0 aliphatic heterocycles. The molecule has 136 valence electrons. The van der Waals surface area contributed by atoms with Crippen molar-refractivity contribution in [2.75, 3.05) is 10.6 Å². The van der Waals surface area contributed by atoms with E-state index < -0.39 is 17.2 Å². The summed E-state index contributed by atoms with van der Waals surface area (Å²) in [7, 11) is 0. The predicted octanol–water partition coefficient (Wildman–Crippen LogP) is 4.45. The highest BCUT2D eigenvalue weighted by Gasteiger charge is 2.36. The Morgan fingerprint density at radius 2 is 1.50 bits per heavy atom. The first-order chi connectivity index (χ1) is 12.1. The van der Waals surface area contributed by atoms with Gasteiger partial charge in [-0.3, -0.25) is 14.4 Å². The highest BCUT2D eigenvalue weighted by molar-refractivity contribution is 6.31. The third-order valence-electron chi connectivity index (χ3n) is 4.09. The van der Waals surface area contributed by atoms with Gasteiger partial charge in [-0.05, 0) is 57.5 Å². The molecule has 0 aromatic heterocycles. The molecule has 2 aromatic rings. The Balaban J connectivity index is 2.13. The van der Waals surface area contributed by atoms with Crippen LogP contribution in [0.25, 0.3) is 0 Å². The van der Waals surface area contributed by atoms with Gasteiger partial charge in [-0.1, -0.05) is 29.8 Å². The van der Waals surface area contributed by atoms with Gasteiger partial charge in [0.25, 0.3) is 0 Å². The number of benzene rings is 2. The molecule has 0 saturated heterocycles. The molecule has 0 spiro atoms. The zero-order valence-corrected chi connectivity index (χ0v) is 15.9. The van der Waals surface area contributed by atoms with E-state index in [4.69, 9.17) is 11.6 Å². The molecule has 0 aliphatic rings. The zero-order valence-electron chi connectivity index (χ0n) is 15.1. The van der Waals surface area contributed by atoms with Gasteiger partial charge in [0.05, 0.1) is 0 Å². The Hall–Kier alpha value is -2.66. The van der Waals surface area contributed by atoms with Crippen LogP contribution in [0.15, 0.2) is 42.5 Å². The van der Waals surface area contributed by atoms with Crippen LogP contribution in [0.3, 0.4) is 0 Å². The van der Waals surface area contributed by atoms with E-state index in [1.54, 1.807) is 42.5 Å². The maximum Gasteiger partial charge on any atom is 0.239 e. The van der Waals surface area contributed by atoms with Crippen molar-refractivity contribution in [2.24, 2.45) is 5.41 Å². The number of anilines is 2. The number of carbonyl (C=O) groups excluding carboxylic acids is 3. The van der Waals surface area contributed by atoms with Crippen LogP contribution in [0.1, 0.15) is 36.7 Å². The molecule has 2 rings (SSSR count). The summed E-state index contributed by atoms with van der Waals surface area (Å²) in [4.78, 5) is 36.6. The van der Waals surface area contributed by atoms with Crippen LogP contribution in [0.2, 0.25) is 5.02 Å². The lowest BCUT2D eigenvalue weighted by molar-refractivity contribution is -0.135. The lowest BCUT2D eigenvalue weighted by Crippen LogP contribution is -2.41. The van der Waals surface area contributed by atoms with Gasteiger partial charge in [0.1, 0.15) is 5.41 Å². The minimum atomic E-state index is -1.33. The van der Waals surface area contributed by atoms with Crippen molar-refractivity contribution in [3.8, 4) is 0 Å². The van der Waals surface area contributed by atoms with Gasteiger partial charge >= 0.3 is 0 Å². The number of halogens is 1. The third kappa shape index (κ3) is 4.49. The molecule has 0 saturated carbocycles. The van der Waals surface area contributed by atoms with E-state index >= 15 is 0 Å². The Bertz CT molecular complexity index is 875. The van der Waals surface area contributed by atoms with Gasteiger partial charge in [0.2, 0.25) is 11.8 Å². The van der Waals surface area contributed by atoms with Crippen molar-refractivity contribution < 1.29 is 14.4 Å². The van der Waals surface area contributed by atoms with Crippen LogP contribution in [0, 0.1) is 12.3 Å². The summed E-state index contributed by atoms with van der Waals surface area (Å²) >= 11 is 6.06. The number of aryl methyl sites for hydroxylation is 1. The highest BCUT2D eigenvalue weighted by atomic mass is 35.5. The molecule has 0 aliphatic carbocycles. The molecule has 2 amide bonds. The molecular formula is C20H21ClN2O3. The maximum absolute atomic E-state index is 12.6. The minimum absolute atomic E-state index is 0.102. The summed E-state index contributed by atoms with van der Waals surface area (Å²) in [6.07, 6.45) is 0. The van der Waals surface area contributed by atoms with Crippen molar-refractivity contribution in [1.82, 2.24) is 0 Å². The first kappa shape index (κ1) is 19.7. The van der Waals surface area contributed by atoms with Gasteiger partial charge < -0.3 is 10.6 Å². The topological polar surface area (TPSA) is 75.3 Å². The van der Waals surface area contributed by atoms with E-state index in [9.17, 15) is 14.4 Å². The van der Waals surface area contributed by atoms with Crippen LogP contribution >= 0.6 is 11.6 Å². The smallest absolute Gasteiger partial charge is 0.239 e. The standard InChI is InChI=1S/C20H21ClN2O3/c1-12-8-9-16(11-17(12)21)23-19(26)20(3,4)18(25)22-15-7-5-6-14(10-15)13(2)24/h5-11H,1-4H3,(H,22,25)(H,23,26). The van der Waals surface area contributed by atoms with E-state index in [2.05, 4.69) is 10.6 Å². The lowest BCUT2D eigenvalue weighted by atomic mass is 9.90. The van der Waals surface area contributed by atoms with E-state index in [1.807, 2.05) is 6.92 Å². The maximum atomic E-state index is 12.6. The molecule has 2 N–H and O–H groups in total. The third-order valence-corrected chi connectivity index (χ3v) is 4.50. The Morgan fingerprint density at radius 3 is 2.04 bits per heavy atom. The molecular weight excluding hydrogens is 352 g/mol. The van der Waals surface area contributed by atoms with Crippen molar-refractivity contribution in [3.63, 3.8) is 0 Å². The normalized spacial score (nSPS) is 11.0. The quantitative estimate of drug-likeness (QED) is 0.601. The molecule has 2 aromatic carbocycles. The fourth-order valence-electron chi connectivity index (χ4n) is 2.16. The molecule has 6 heteroatoms. The van der Waals surface area contributed by atoms with Gasteiger partial charge in [-0.25, -0.2) is 0 Å². The van der Waals surface area contributed by atoms with Crippen LogP contribution in [-0.2, 0) is 9.59 Å². The first-order valence-corrected chi connectivity index (χ1v) is 8.49. The second-order valence-electron chi connectivity index (χ2n) is 6.63. The van der Waals surface area contributed by atoms with E-state index in [-0.39, 0.29) is 5.78 Å². The summed E-state index contributed by atoms with van der Waals surface area (Å²) in [5.41, 5.74) is 1.03. The molecule has 5 nitrogen and oxygen atoms in total. The largest absolute Gasteiger partial charge is 0.325 e. The first-order valence-electron chi connectivity index (χ1n) is 8.11. The summed E-state index contributed by atoms with van der Waals surface area (Å²) in [6.45, 7) is 6.37. The Morgan fingerprint density at radius 1 is 0.923 bits per heavy atom. The molecule has 0 fully saturated rings. The number of hydrogen-bond acceptors (Lipinski definition) is 3. The number of ketones is 1. The average molecular weight is 373 g/mol. The molecule has 0 atom stereocenters. The second-order valence-corrected chi connectivity index (χ2v) is 7.04. The molecule has 26 heavy (non-hydrogen) atoms. The number of amides is 2. The summed E-state index contributed by atoms with van der Waals surface area (Å²) in [6, 6.07) is 11.7. The summed E-state index contributed by atoms with van der Waals surface area (Å²) in [5, 5.41) is 5.93. The van der Waals surface area contributed by atoms with Crippen LogP contribution < -0.4 is 10.6 Å². The van der Waals surface area contributed by atoms with E-state index in [0.29, 0.717) is 22.0 Å². The minimum Gasteiger partial charge on any atom is -0.325 e. The molecule has 0 unspecified atom stereocenters. The fraction of sp³-hybridized carbons (Fsp3) is 0.250. The van der Waals surface area contributed by atoms with Crippen molar-refractivity contribution in [1.29, 1.82) is 0 Å². The number of carbonyl (C=O) groups is 3. The van der Waals surface area contributed by atoms with Crippen LogP contribution in [0.5, 0.6) is 0 Å². The van der Waals surface area contributed by atoms with Crippen LogP contribution in [0.4, 0.5) is 11.4 Å². The van der Waals surface area contributed by atoms with Gasteiger partial charge in [-0.15, -0.1) is 0 Å². The zero-order chi connectivity index (χ0) is 19.5. The van der Waals surface area contributed by atoms with E-state index in [0.717, 1.165) is 5.56 Å². The van der Waals surface area contributed by atoms with Gasteiger partial charge in [-0.2, -0.15) is 0 Å². The average Bonchev–Trinajstić information content (AvgIpc) is 2.58. The van der Waals surface area contributed by atoms with Crippen molar-refractivity contribution in [3.05, 3.63) is 58.6 Å². The Labute approximate surface area is 157 Å². The van der Waals surface area contributed by atoms with E-state index in [1.165, 1.54) is 20.8 Å². The predicted molar refractivity (Wildman–Crippen MR) is 104 cm³/mol. The van der Waals surface area contributed by atoms with Crippen molar-refractivity contribution >= 4 is 40.6 Å². The summed E-state index contributed by atoms with van der Waals surface area (Å²) < 4.78 is 0. The molecule has 0 bridgehead atoms. The molecule has 0 heterocycles. The Kier molecular flexibility index (Phi) is 5.83. The SMILES string of the molecule is CC(=O)c1cccc(NC(=O)C(C)(C)C(=O)Nc2ccc(C)c(Cl)c2)c1. The molecule has 0 radical (unpaired) electrons. The number of Topliss-reactive ketones (excluding diaryl/α,β-unsaturated/α-hetero) is 1. The van der Waals surface area contributed by atoms with Gasteiger partial charge in [0, 0.05) is 22.0 Å². The lowest BCUT2D eigenvalue weighted by Gasteiger charge is -2.23. The monoisotopic (exact) mass is 372 g/mol. The number of hydrogen-bond donors (Lipinski definition) is 2. The van der Waals surface area contributed by atoms with Crippen LogP contribution in [-0.4, -0.2) is 17.6 Å². The van der Waals surface area contributed by atoms with Gasteiger partial charge in [0.15, 0.2) is 5.78 Å². The number of nitrogens with one attached hydrogen (secondary N) is 2.